The van der Waals surface area contributed by atoms with Gasteiger partial charge in [-0.2, -0.15) is 0 Å². The van der Waals surface area contributed by atoms with Gasteiger partial charge in [0.2, 0.25) is 0 Å². The molecule has 134 valence electrons. The summed E-state index contributed by atoms with van der Waals surface area (Å²) in [7, 11) is 0. The molecule has 1 saturated heterocycles. The van der Waals surface area contributed by atoms with Gasteiger partial charge in [-0.25, -0.2) is 4.39 Å². The second kappa shape index (κ2) is 7.57. The molecule has 2 heterocycles. The van der Waals surface area contributed by atoms with Crippen molar-refractivity contribution in [1.29, 1.82) is 0 Å². The molecule has 3 rings (SSSR count). The number of carbonyl (C=O) groups excluding carboxylic acids is 3. The van der Waals surface area contributed by atoms with Crippen LogP contribution in [0.2, 0.25) is 0 Å². The van der Waals surface area contributed by atoms with E-state index in [-0.39, 0.29) is 29.7 Å². The second-order valence-corrected chi connectivity index (χ2v) is 6.52. The van der Waals surface area contributed by atoms with E-state index in [9.17, 15) is 18.8 Å². The van der Waals surface area contributed by atoms with Crippen LogP contribution in [0.4, 0.5) is 9.18 Å². The Balaban J connectivity index is 1.60. The Morgan fingerprint density at radius 1 is 1.27 bits per heavy atom. The maximum Gasteiger partial charge on any atom is 0.293 e. The van der Waals surface area contributed by atoms with Gasteiger partial charge in [-0.1, -0.05) is 12.1 Å². The highest BCUT2D eigenvalue weighted by molar-refractivity contribution is 8.18. The van der Waals surface area contributed by atoms with E-state index in [2.05, 4.69) is 5.32 Å². The summed E-state index contributed by atoms with van der Waals surface area (Å²) in [5, 5.41) is 2.24. The molecular formula is C18H15FN2O4S. The van der Waals surface area contributed by atoms with Crippen LogP contribution >= 0.6 is 11.8 Å². The highest BCUT2D eigenvalue weighted by Gasteiger charge is 2.34. The van der Waals surface area contributed by atoms with Crippen LogP contribution < -0.4 is 5.32 Å². The van der Waals surface area contributed by atoms with Crippen LogP contribution in [0.5, 0.6) is 0 Å². The second-order valence-electron chi connectivity index (χ2n) is 5.53. The van der Waals surface area contributed by atoms with Crippen molar-refractivity contribution in [2.24, 2.45) is 0 Å². The summed E-state index contributed by atoms with van der Waals surface area (Å²) >= 11 is 0.817. The van der Waals surface area contributed by atoms with E-state index >= 15 is 0 Å². The van der Waals surface area contributed by atoms with Gasteiger partial charge < -0.3 is 9.73 Å². The number of rotatable bonds is 5. The molecule has 3 amide bonds. The maximum atomic E-state index is 12.9. The van der Waals surface area contributed by atoms with Gasteiger partial charge in [-0.05, 0) is 48.5 Å². The average Bonchev–Trinajstić information content (AvgIpc) is 3.15. The molecule has 1 aromatic heterocycles. The molecule has 6 nitrogen and oxygen atoms in total. The third-order valence-electron chi connectivity index (χ3n) is 3.77. The van der Waals surface area contributed by atoms with E-state index in [1.807, 2.05) is 0 Å². The summed E-state index contributed by atoms with van der Waals surface area (Å²) in [5.74, 6) is -0.641. The standard InChI is InChI=1S/C18H15FN2O4S/c1-11-14(6-9-25-11)16(22)20-7-8-21-17(23)15(26-18(21)24)10-12-2-4-13(19)5-3-12/h2-6,9-10H,7-8H2,1H3,(H,20,22)/b15-10+. The molecule has 1 aliphatic heterocycles. The number of hydrogen-bond acceptors (Lipinski definition) is 5. The molecule has 0 saturated carbocycles. The van der Waals surface area contributed by atoms with Crippen LogP contribution in [-0.4, -0.2) is 35.0 Å². The lowest BCUT2D eigenvalue weighted by Crippen LogP contribution is -2.37. The summed E-state index contributed by atoms with van der Waals surface area (Å²) in [6, 6.07) is 7.16. The Hall–Kier alpha value is -2.87. The monoisotopic (exact) mass is 374 g/mol. The first-order chi connectivity index (χ1) is 12.5. The fourth-order valence-corrected chi connectivity index (χ4v) is 3.27. The van der Waals surface area contributed by atoms with Crippen molar-refractivity contribution in [1.82, 2.24) is 10.2 Å². The average molecular weight is 374 g/mol. The topological polar surface area (TPSA) is 79.6 Å². The molecule has 1 fully saturated rings. The van der Waals surface area contributed by atoms with Crippen LogP contribution in [0.15, 0.2) is 45.9 Å². The highest BCUT2D eigenvalue weighted by Crippen LogP contribution is 2.31. The van der Waals surface area contributed by atoms with Crippen LogP contribution in [0.3, 0.4) is 0 Å². The Bertz CT molecular complexity index is 889. The summed E-state index contributed by atoms with van der Waals surface area (Å²) in [6.45, 7) is 1.87. The summed E-state index contributed by atoms with van der Waals surface area (Å²) in [4.78, 5) is 37.7. The van der Waals surface area contributed by atoms with Crippen LogP contribution in [0.25, 0.3) is 6.08 Å². The number of halogens is 1. The molecule has 8 heteroatoms. The zero-order valence-electron chi connectivity index (χ0n) is 13.8. The van der Waals surface area contributed by atoms with Gasteiger partial charge in [-0.3, -0.25) is 19.3 Å². The first-order valence-electron chi connectivity index (χ1n) is 7.79. The third-order valence-corrected chi connectivity index (χ3v) is 4.67. The zero-order chi connectivity index (χ0) is 18.7. The molecular weight excluding hydrogens is 359 g/mol. The van der Waals surface area contributed by atoms with E-state index in [0.717, 1.165) is 16.7 Å². The first-order valence-corrected chi connectivity index (χ1v) is 8.60. The van der Waals surface area contributed by atoms with E-state index in [1.54, 1.807) is 13.0 Å². The molecule has 0 bridgehead atoms. The Morgan fingerprint density at radius 3 is 2.65 bits per heavy atom. The quantitative estimate of drug-likeness (QED) is 0.813. The van der Waals surface area contributed by atoms with E-state index in [4.69, 9.17) is 4.42 Å². The number of thioether (sulfide) groups is 1. The van der Waals surface area contributed by atoms with Crippen molar-refractivity contribution in [3.63, 3.8) is 0 Å². The normalized spacial score (nSPS) is 15.8. The fourth-order valence-electron chi connectivity index (χ4n) is 2.40. The lowest BCUT2D eigenvalue weighted by Gasteiger charge is -2.12. The lowest BCUT2D eigenvalue weighted by molar-refractivity contribution is -0.122. The predicted octanol–water partition coefficient (Wildman–Crippen LogP) is 3.19. The van der Waals surface area contributed by atoms with Crippen molar-refractivity contribution in [2.45, 2.75) is 6.92 Å². The van der Waals surface area contributed by atoms with Crippen LogP contribution in [-0.2, 0) is 4.79 Å². The van der Waals surface area contributed by atoms with Gasteiger partial charge in [0.15, 0.2) is 0 Å². The fraction of sp³-hybridized carbons (Fsp3) is 0.167. The highest BCUT2D eigenvalue weighted by atomic mass is 32.2. The number of amides is 3. The first kappa shape index (κ1) is 17.9. The molecule has 26 heavy (non-hydrogen) atoms. The largest absolute Gasteiger partial charge is 0.469 e. The van der Waals surface area contributed by atoms with Gasteiger partial charge in [0.25, 0.3) is 17.1 Å². The van der Waals surface area contributed by atoms with E-state index in [1.165, 1.54) is 36.6 Å². The number of nitrogens with zero attached hydrogens (tertiary/aromatic N) is 1. The SMILES string of the molecule is Cc1occc1C(=O)NCCN1C(=O)S/C(=C/c2ccc(F)cc2)C1=O. The van der Waals surface area contributed by atoms with Crippen molar-refractivity contribution < 1.29 is 23.2 Å². The smallest absolute Gasteiger partial charge is 0.293 e. The summed E-state index contributed by atoms with van der Waals surface area (Å²) in [6.07, 6.45) is 2.96. The van der Waals surface area contributed by atoms with Gasteiger partial charge >= 0.3 is 0 Å². The number of imide groups is 1. The molecule has 0 radical (unpaired) electrons. The number of nitrogens with one attached hydrogen (secondary N) is 1. The molecule has 0 spiro atoms. The molecule has 1 aromatic carbocycles. The van der Waals surface area contributed by atoms with Gasteiger partial charge in [0, 0.05) is 13.1 Å². The minimum atomic E-state index is -0.432. The minimum absolute atomic E-state index is 0.0636. The number of carbonyl (C=O) groups is 3. The molecule has 1 aliphatic rings. The van der Waals surface area contributed by atoms with Crippen molar-refractivity contribution in [2.75, 3.05) is 13.1 Å². The lowest BCUT2D eigenvalue weighted by atomic mass is 10.2. The molecule has 0 unspecified atom stereocenters. The van der Waals surface area contributed by atoms with Crippen molar-refractivity contribution >= 4 is 34.9 Å². The van der Waals surface area contributed by atoms with Gasteiger partial charge in [0.1, 0.15) is 11.6 Å². The molecule has 0 atom stereocenters. The summed E-state index contributed by atoms with van der Waals surface area (Å²) in [5.41, 5.74) is 1.04. The van der Waals surface area contributed by atoms with Gasteiger partial charge in [0.05, 0.1) is 16.7 Å². The molecule has 1 N–H and O–H groups in total. The van der Waals surface area contributed by atoms with Crippen molar-refractivity contribution in [3.8, 4) is 0 Å². The maximum absolute atomic E-state index is 12.9. The van der Waals surface area contributed by atoms with Crippen LogP contribution in [0.1, 0.15) is 21.7 Å². The van der Waals surface area contributed by atoms with Crippen LogP contribution in [0, 0.1) is 12.7 Å². The third kappa shape index (κ3) is 3.85. The Kier molecular flexibility index (Phi) is 5.22. The number of hydrogen-bond donors (Lipinski definition) is 1. The number of aryl methyl sites for hydroxylation is 1. The minimum Gasteiger partial charge on any atom is -0.469 e. The Labute approximate surface area is 153 Å². The summed E-state index contributed by atoms with van der Waals surface area (Å²) < 4.78 is 18.0. The van der Waals surface area contributed by atoms with Gasteiger partial charge in [-0.15, -0.1) is 0 Å². The Morgan fingerprint density at radius 2 is 2.00 bits per heavy atom. The zero-order valence-corrected chi connectivity index (χ0v) is 14.6. The van der Waals surface area contributed by atoms with Crippen molar-refractivity contribution in [3.05, 3.63) is 64.2 Å². The van der Waals surface area contributed by atoms with E-state index in [0.29, 0.717) is 16.9 Å². The number of benzene rings is 1. The van der Waals surface area contributed by atoms with E-state index < -0.39 is 11.1 Å². The predicted molar refractivity (Wildman–Crippen MR) is 94.9 cm³/mol. The molecule has 0 aliphatic carbocycles. The molecule has 2 aromatic rings. The number of furan rings is 1.